The first-order valence-corrected chi connectivity index (χ1v) is 13.2. The molecule has 38 heavy (non-hydrogen) atoms. The van der Waals surface area contributed by atoms with Gasteiger partial charge < -0.3 is 24.4 Å². The van der Waals surface area contributed by atoms with E-state index in [-0.39, 0.29) is 30.1 Å². The van der Waals surface area contributed by atoms with Gasteiger partial charge in [0.1, 0.15) is 16.6 Å². The Morgan fingerprint density at radius 2 is 1.95 bits per heavy atom. The lowest BCUT2D eigenvalue weighted by Gasteiger charge is -2.31. The monoisotopic (exact) mass is 557 g/mol. The molecular formula is C21H25F2N7O7S. The molecule has 206 valence electrons. The zero-order chi connectivity index (χ0) is 27.0. The van der Waals surface area contributed by atoms with Crippen molar-refractivity contribution in [1.29, 1.82) is 0 Å². The van der Waals surface area contributed by atoms with Crippen molar-refractivity contribution in [2.24, 2.45) is 0 Å². The molecule has 1 amide bonds. The molecule has 2 fully saturated rings. The molecular weight excluding hydrogens is 532 g/mol. The van der Waals surface area contributed by atoms with E-state index in [4.69, 9.17) is 14.2 Å². The summed E-state index contributed by atoms with van der Waals surface area (Å²) < 4.78 is 78.1. The van der Waals surface area contributed by atoms with Gasteiger partial charge in [-0.15, -0.1) is 0 Å². The number of halogens is 2. The number of rotatable bonds is 7. The highest BCUT2D eigenvalue weighted by atomic mass is 32.2. The minimum atomic E-state index is -4.40. The van der Waals surface area contributed by atoms with Crippen molar-refractivity contribution in [2.75, 3.05) is 49.7 Å². The molecule has 0 aromatic carbocycles. The summed E-state index contributed by atoms with van der Waals surface area (Å²) >= 11 is 0. The minimum Gasteiger partial charge on any atom is -0.378 e. The maximum Gasteiger partial charge on any atom is 0.284 e. The maximum absolute atomic E-state index is 13.8. The Hall–Kier alpha value is -3.25. The highest BCUT2D eigenvalue weighted by Gasteiger charge is 2.35. The van der Waals surface area contributed by atoms with Gasteiger partial charge in [0.25, 0.3) is 22.5 Å². The SMILES string of the molecule is CC(C1OCC(n2cc(NC(=O)c3cnn4ccc(N5CCOCC5)nc34)c(C(F)F)n2)CO1)S(=O)(=O)O. The molecule has 3 aromatic rings. The summed E-state index contributed by atoms with van der Waals surface area (Å²) in [5.74, 6) is -0.0679. The third-order valence-corrected chi connectivity index (χ3v) is 7.44. The van der Waals surface area contributed by atoms with Crippen molar-refractivity contribution in [3.05, 3.63) is 35.9 Å². The van der Waals surface area contributed by atoms with E-state index in [1.165, 1.54) is 23.8 Å². The van der Waals surface area contributed by atoms with Gasteiger partial charge in [0, 0.05) is 25.5 Å². The summed E-state index contributed by atoms with van der Waals surface area (Å²) in [5, 5.41) is 9.15. The maximum atomic E-state index is 13.8. The Balaban J connectivity index is 1.33. The Morgan fingerprint density at radius 3 is 2.61 bits per heavy atom. The van der Waals surface area contributed by atoms with Gasteiger partial charge in [-0.1, -0.05) is 0 Å². The van der Waals surface area contributed by atoms with Crippen LogP contribution >= 0.6 is 0 Å². The molecule has 5 heterocycles. The van der Waals surface area contributed by atoms with Crippen LogP contribution in [0.15, 0.2) is 24.7 Å². The van der Waals surface area contributed by atoms with E-state index < -0.39 is 45.7 Å². The Bertz CT molecular complexity index is 1420. The van der Waals surface area contributed by atoms with Crippen LogP contribution in [0.3, 0.4) is 0 Å². The molecule has 0 radical (unpaired) electrons. The first-order valence-electron chi connectivity index (χ1n) is 11.7. The van der Waals surface area contributed by atoms with Crippen LogP contribution in [0, 0.1) is 0 Å². The minimum absolute atomic E-state index is 0.0828. The van der Waals surface area contributed by atoms with Gasteiger partial charge in [0.15, 0.2) is 17.6 Å². The third-order valence-electron chi connectivity index (χ3n) is 6.28. The lowest BCUT2D eigenvalue weighted by molar-refractivity contribution is -0.196. The Kier molecular flexibility index (Phi) is 7.28. The van der Waals surface area contributed by atoms with Gasteiger partial charge in [0.05, 0.1) is 44.4 Å². The fourth-order valence-corrected chi connectivity index (χ4v) is 4.54. The quantitative estimate of drug-likeness (QED) is 0.401. The number of alkyl halides is 2. The number of aromatic nitrogens is 5. The van der Waals surface area contributed by atoms with Crippen molar-refractivity contribution in [3.63, 3.8) is 0 Å². The topological polar surface area (TPSA) is 162 Å². The highest BCUT2D eigenvalue weighted by Crippen LogP contribution is 2.29. The summed E-state index contributed by atoms with van der Waals surface area (Å²) in [7, 11) is -4.40. The second kappa shape index (κ2) is 10.5. The fraction of sp³-hybridized carbons (Fsp3) is 0.524. The number of anilines is 2. The molecule has 17 heteroatoms. The number of nitrogens with zero attached hydrogens (tertiary/aromatic N) is 6. The third kappa shape index (κ3) is 5.32. The standard InChI is InChI=1S/C21H25F2N7O7S/c1-12(38(32,33)34)21-36-10-13(11-37-21)30-9-15(17(27-30)18(22)23)25-20(31)14-8-24-29-3-2-16(26-19(14)29)28-4-6-35-7-5-28/h2-3,8-9,12-13,18,21H,4-7,10-11H2,1H3,(H,25,31)(H,32,33,34). The summed E-state index contributed by atoms with van der Waals surface area (Å²) in [6, 6.07) is 1.08. The van der Waals surface area contributed by atoms with Gasteiger partial charge in [-0.2, -0.15) is 18.6 Å². The average Bonchev–Trinajstić information content (AvgIpc) is 3.52. The largest absolute Gasteiger partial charge is 0.378 e. The number of ether oxygens (including phenoxy) is 3. The number of hydrogen-bond acceptors (Lipinski definition) is 10. The van der Waals surface area contributed by atoms with Crippen LogP contribution in [0.4, 0.5) is 20.3 Å². The van der Waals surface area contributed by atoms with E-state index in [1.807, 2.05) is 4.90 Å². The lowest BCUT2D eigenvalue weighted by atomic mass is 10.3. The van der Waals surface area contributed by atoms with Gasteiger partial charge in [0.2, 0.25) is 0 Å². The molecule has 2 aliphatic heterocycles. The van der Waals surface area contributed by atoms with Crippen molar-refractivity contribution in [1.82, 2.24) is 24.4 Å². The van der Waals surface area contributed by atoms with E-state index in [2.05, 4.69) is 20.5 Å². The lowest BCUT2D eigenvalue weighted by Crippen LogP contribution is -2.42. The van der Waals surface area contributed by atoms with Crippen molar-refractivity contribution < 1.29 is 40.8 Å². The second-order valence-electron chi connectivity index (χ2n) is 8.78. The molecule has 2 aliphatic rings. The summed E-state index contributed by atoms with van der Waals surface area (Å²) in [6.45, 7) is 3.36. The van der Waals surface area contributed by atoms with E-state index >= 15 is 0 Å². The van der Waals surface area contributed by atoms with Gasteiger partial charge >= 0.3 is 0 Å². The van der Waals surface area contributed by atoms with Crippen molar-refractivity contribution in [2.45, 2.75) is 30.9 Å². The normalized spacial score (nSPS) is 21.7. The predicted octanol–water partition coefficient (Wildman–Crippen LogP) is 1.14. The molecule has 14 nitrogen and oxygen atoms in total. The molecule has 1 unspecified atom stereocenters. The Morgan fingerprint density at radius 1 is 1.24 bits per heavy atom. The number of carbonyl (C=O) groups is 1. The summed E-state index contributed by atoms with van der Waals surface area (Å²) in [4.78, 5) is 19.6. The molecule has 0 aliphatic carbocycles. The number of morpholine rings is 1. The van der Waals surface area contributed by atoms with E-state index in [9.17, 15) is 26.5 Å². The number of hydrogen-bond donors (Lipinski definition) is 2. The van der Waals surface area contributed by atoms with E-state index in [1.54, 1.807) is 12.3 Å². The molecule has 0 bridgehead atoms. The van der Waals surface area contributed by atoms with Crippen LogP contribution in [-0.2, 0) is 24.3 Å². The van der Waals surface area contributed by atoms with Crippen LogP contribution in [0.25, 0.3) is 5.65 Å². The fourth-order valence-electron chi connectivity index (χ4n) is 4.10. The van der Waals surface area contributed by atoms with Crippen LogP contribution in [0.1, 0.15) is 35.4 Å². The zero-order valence-corrected chi connectivity index (χ0v) is 20.9. The van der Waals surface area contributed by atoms with Crippen molar-refractivity contribution >= 4 is 33.2 Å². The number of carbonyl (C=O) groups excluding carboxylic acids is 1. The van der Waals surface area contributed by atoms with Gasteiger partial charge in [-0.25, -0.2) is 18.3 Å². The van der Waals surface area contributed by atoms with E-state index in [0.717, 1.165) is 4.68 Å². The molecule has 0 saturated carbocycles. The molecule has 2 N–H and O–H groups in total. The zero-order valence-electron chi connectivity index (χ0n) is 20.1. The molecule has 0 spiro atoms. The van der Waals surface area contributed by atoms with Crippen LogP contribution in [-0.4, -0.2) is 94.3 Å². The van der Waals surface area contributed by atoms with Crippen LogP contribution < -0.4 is 10.2 Å². The molecule has 1 atom stereocenters. The first kappa shape index (κ1) is 26.4. The second-order valence-corrected chi connectivity index (χ2v) is 10.6. The smallest absolute Gasteiger partial charge is 0.284 e. The Labute approximate surface area is 215 Å². The summed E-state index contributed by atoms with van der Waals surface area (Å²) in [6.07, 6.45) is -0.0461. The number of amides is 1. The van der Waals surface area contributed by atoms with E-state index in [0.29, 0.717) is 32.1 Å². The molecule has 5 rings (SSSR count). The number of nitrogens with one attached hydrogen (secondary N) is 1. The number of fused-ring (bicyclic) bond motifs is 1. The molecule has 3 aromatic heterocycles. The highest BCUT2D eigenvalue weighted by molar-refractivity contribution is 7.86. The van der Waals surface area contributed by atoms with Gasteiger partial charge in [-0.05, 0) is 13.0 Å². The molecule has 2 saturated heterocycles. The summed E-state index contributed by atoms with van der Waals surface area (Å²) in [5.41, 5.74) is -0.544. The predicted molar refractivity (Wildman–Crippen MR) is 127 cm³/mol. The van der Waals surface area contributed by atoms with Crippen LogP contribution in [0.2, 0.25) is 0 Å². The van der Waals surface area contributed by atoms with Crippen molar-refractivity contribution in [3.8, 4) is 0 Å². The average molecular weight is 558 g/mol. The van der Waals surface area contributed by atoms with Gasteiger partial charge in [-0.3, -0.25) is 14.0 Å². The first-order chi connectivity index (χ1) is 18.1. The van der Waals surface area contributed by atoms with Crippen LogP contribution in [0.5, 0.6) is 0 Å².